The first kappa shape index (κ1) is 20.3. The molecule has 2 fully saturated rings. The molecule has 1 aromatic rings. The van der Waals surface area contributed by atoms with E-state index in [1.165, 1.54) is 23.2 Å². The van der Waals surface area contributed by atoms with E-state index in [2.05, 4.69) is 22.0 Å². The van der Waals surface area contributed by atoms with Crippen LogP contribution in [0.3, 0.4) is 0 Å². The number of carbonyl (C=O) groups is 1. The average molecular weight is 395 g/mol. The van der Waals surface area contributed by atoms with Gasteiger partial charge in [-0.3, -0.25) is 9.69 Å². The molecule has 0 saturated carbocycles. The molecule has 2 heterocycles. The molecule has 150 valence electrons. The summed E-state index contributed by atoms with van der Waals surface area (Å²) in [4.78, 5) is 17.2. The highest BCUT2D eigenvalue weighted by Crippen LogP contribution is 2.19. The van der Waals surface area contributed by atoms with E-state index in [0.717, 1.165) is 13.1 Å². The van der Waals surface area contributed by atoms with Gasteiger partial charge in [-0.2, -0.15) is 4.31 Å². The van der Waals surface area contributed by atoms with E-state index >= 15 is 0 Å². The predicted octanol–water partition coefficient (Wildman–Crippen LogP) is 0.837. The molecule has 1 aromatic carbocycles. The molecule has 7 nitrogen and oxygen atoms in total. The van der Waals surface area contributed by atoms with Crippen molar-refractivity contribution >= 4 is 15.9 Å². The van der Waals surface area contributed by atoms with Crippen molar-refractivity contribution in [2.45, 2.75) is 30.7 Å². The third kappa shape index (κ3) is 4.87. The fourth-order valence-corrected chi connectivity index (χ4v) is 5.10. The number of carbonyl (C=O) groups excluding carboxylic acids is 1. The van der Waals surface area contributed by atoms with Crippen molar-refractivity contribution in [2.24, 2.45) is 0 Å². The van der Waals surface area contributed by atoms with Gasteiger partial charge in [0.05, 0.1) is 4.90 Å². The lowest BCUT2D eigenvalue weighted by Gasteiger charge is -2.31. The first-order chi connectivity index (χ1) is 12.9. The van der Waals surface area contributed by atoms with Gasteiger partial charge in [0, 0.05) is 44.3 Å². The van der Waals surface area contributed by atoms with E-state index in [1.807, 2.05) is 7.05 Å². The van der Waals surface area contributed by atoms with E-state index in [1.54, 1.807) is 18.2 Å². The van der Waals surface area contributed by atoms with Crippen LogP contribution in [-0.2, 0) is 10.0 Å². The molecule has 1 N–H and O–H groups in total. The molecule has 1 atom stereocenters. The van der Waals surface area contributed by atoms with Gasteiger partial charge in [0.1, 0.15) is 0 Å². The van der Waals surface area contributed by atoms with E-state index in [4.69, 9.17) is 0 Å². The largest absolute Gasteiger partial charge is 0.350 e. The lowest BCUT2D eigenvalue weighted by Crippen LogP contribution is -2.47. The van der Waals surface area contributed by atoms with E-state index in [0.29, 0.717) is 38.3 Å². The Morgan fingerprint density at radius 2 is 1.78 bits per heavy atom. The van der Waals surface area contributed by atoms with Gasteiger partial charge in [-0.1, -0.05) is 6.07 Å². The molecule has 3 rings (SSSR count). The average Bonchev–Trinajstić information content (AvgIpc) is 3.21. The minimum atomic E-state index is -3.57. The maximum atomic E-state index is 12.9. The van der Waals surface area contributed by atoms with Gasteiger partial charge >= 0.3 is 0 Å². The van der Waals surface area contributed by atoms with Gasteiger partial charge < -0.3 is 10.2 Å². The molecule has 2 aliphatic heterocycles. The van der Waals surface area contributed by atoms with Crippen molar-refractivity contribution in [2.75, 3.05) is 52.9 Å². The molecule has 0 bridgehead atoms. The van der Waals surface area contributed by atoms with Crippen LogP contribution in [0.5, 0.6) is 0 Å². The second-order valence-electron chi connectivity index (χ2n) is 7.54. The molecule has 0 aliphatic carbocycles. The number of sulfonamides is 1. The standard InChI is InChI=1S/C19H30N4O3S/c1-16(22-8-3-4-9-22)15-20-19(24)17-6-5-7-18(14-17)27(25,26)23-12-10-21(2)11-13-23/h5-7,14,16H,3-4,8-13,15H2,1-2H3,(H,20,24). The topological polar surface area (TPSA) is 73.0 Å². The number of likely N-dealkylation sites (tertiary alicyclic amines) is 1. The number of benzene rings is 1. The quantitative estimate of drug-likeness (QED) is 0.774. The second kappa shape index (κ2) is 8.68. The number of piperazine rings is 1. The lowest BCUT2D eigenvalue weighted by molar-refractivity contribution is 0.0940. The van der Waals surface area contributed by atoms with Gasteiger partial charge in [-0.15, -0.1) is 0 Å². The minimum Gasteiger partial charge on any atom is -0.350 e. The van der Waals surface area contributed by atoms with Crippen LogP contribution in [0.4, 0.5) is 0 Å². The van der Waals surface area contributed by atoms with Gasteiger partial charge in [-0.05, 0) is 58.1 Å². The number of nitrogens with zero attached hydrogens (tertiary/aromatic N) is 3. The Bertz CT molecular complexity index is 754. The third-order valence-corrected chi connectivity index (χ3v) is 7.41. The summed E-state index contributed by atoms with van der Waals surface area (Å²) in [5, 5.41) is 2.94. The SMILES string of the molecule is CC(CNC(=O)c1cccc(S(=O)(=O)N2CCN(C)CC2)c1)N1CCCC1. The van der Waals surface area contributed by atoms with Crippen LogP contribution in [0, 0.1) is 0 Å². The maximum Gasteiger partial charge on any atom is 0.251 e. The Hall–Kier alpha value is -1.48. The summed E-state index contributed by atoms with van der Waals surface area (Å²) in [6, 6.07) is 6.65. The van der Waals surface area contributed by atoms with E-state index < -0.39 is 10.0 Å². The number of amides is 1. The normalized spacial score (nSPS) is 21.3. The highest BCUT2D eigenvalue weighted by atomic mass is 32.2. The number of hydrogen-bond donors (Lipinski definition) is 1. The number of hydrogen-bond acceptors (Lipinski definition) is 5. The number of likely N-dealkylation sites (N-methyl/N-ethyl adjacent to an activating group) is 1. The third-order valence-electron chi connectivity index (χ3n) is 5.52. The fraction of sp³-hybridized carbons (Fsp3) is 0.632. The summed E-state index contributed by atoms with van der Waals surface area (Å²) in [5.41, 5.74) is 0.388. The van der Waals surface area contributed by atoms with Crippen molar-refractivity contribution in [1.82, 2.24) is 19.4 Å². The first-order valence-electron chi connectivity index (χ1n) is 9.69. The zero-order valence-electron chi connectivity index (χ0n) is 16.2. The van der Waals surface area contributed by atoms with Gasteiger partial charge in [0.25, 0.3) is 5.91 Å². The summed E-state index contributed by atoms with van der Waals surface area (Å²) in [6.45, 7) is 7.21. The monoisotopic (exact) mass is 394 g/mol. The summed E-state index contributed by atoms with van der Waals surface area (Å²) >= 11 is 0. The van der Waals surface area contributed by atoms with E-state index in [-0.39, 0.29) is 16.8 Å². The molecule has 8 heteroatoms. The highest BCUT2D eigenvalue weighted by Gasteiger charge is 2.28. The predicted molar refractivity (Wildman–Crippen MR) is 105 cm³/mol. The minimum absolute atomic E-state index is 0.187. The van der Waals surface area contributed by atoms with E-state index in [9.17, 15) is 13.2 Å². The maximum absolute atomic E-state index is 12.9. The molecule has 2 saturated heterocycles. The zero-order chi connectivity index (χ0) is 19.4. The second-order valence-corrected chi connectivity index (χ2v) is 9.48. The van der Waals surface area contributed by atoms with Crippen LogP contribution in [0.25, 0.3) is 0 Å². The zero-order valence-corrected chi connectivity index (χ0v) is 17.0. The smallest absolute Gasteiger partial charge is 0.251 e. The molecule has 1 amide bonds. The van der Waals surface area contributed by atoms with Crippen molar-refractivity contribution in [1.29, 1.82) is 0 Å². The van der Waals surface area contributed by atoms with Crippen LogP contribution in [0.15, 0.2) is 29.2 Å². The Morgan fingerprint density at radius 3 is 2.44 bits per heavy atom. The van der Waals surface area contributed by atoms with Crippen LogP contribution in [-0.4, -0.2) is 87.3 Å². The molecule has 2 aliphatic rings. The summed E-state index contributed by atoms with van der Waals surface area (Å²) in [6.07, 6.45) is 2.43. The first-order valence-corrected chi connectivity index (χ1v) is 11.1. The Balaban J connectivity index is 1.64. The molecular weight excluding hydrogens is 364 g/mol. The summed E-state index contributed by atoms with van der Waals surface area (Å²) < 4.78 is 27.3. The molecule has 1 unspecified atom stereocenters. The molecule has 27 heavy (non-hydrogen) atoms. The van der Waals surface area contributed by atoms with Crippen molar-refractivity contribution in [3.63, 3.8) is 0 Å². The Kier molecular flexibility index (Phi) is 6.52. The Morgan fingerprint density at radius 1 is 1.11 bits per heavy atom. The molecular formula is C19H30N4O3S. The highest BCUT2D eigenvalue weighted by molar-refractivity contribution is 7.89. The van der Waals surface area contributed by atoms with Crippen LogP contribution < -0.4 is 5.32 Å². The van der Waals surface area contributed by atoms with Gasteiger partial charge in [-0.25, -0.2) is 8.42 Å². The molecule has 0 spiro atoms. The Labute approximate surface area is 162 Å². The van der Waals surface area contributed by atoms with Crippen LogP contribution in [0.1, 0.15) is 30.1 Å². The van der Waals surface area contributed by atoms with Crippen LogP contribution >= 0.6 is 0 Å². The number of rotatable bonds is 6. The van der Waals surface area contributed by atoms with Gasteiger partial charge in [0.2, 0.25) is 10.0 Å². The van der Waals surface area contributed by atoms with Crippen molar-refractivity contribution in [3.8, 4) is 0 Å². The molecule has 0 radical (unpaired) electrons. The fourth-order valence-electron chi connectivity index (χ4n) is 3.63. The summed E-state index contributed by atoms with van der Waals surface area (Å²) in [5.74, 6) is -0.225. The van der Waals surface area contributed by atoms with Gasteiger partial charge in [0.15, 0.2) is 0 Å². The molecule has 0 aromatic heterocycles. The lowest BCUT2D eigenvalue weighted by atomic mass is 10.2. The van der Waals surface area contributed by atoms with Crippen molar-refractivity contribution in [3.05, 3.63) is 29.8 Å². The summed E-state index contributed by atoms with van der Waals surface area (Å²) in [7, 11) is -1.58. The number of nitrogens with one attached hydrogen (secondary N) is 1. The van der Waals surface area contributed by atoms with Crippen LogP contribution in [0.2, 0.25) is 0 Å². The van der Waals surface area contributed by atoms with Crippen molar-refractivity contribution < 1.29 is 13.2 Å².